The highest BCUT2D eigenvalue weighted by Crippen LogP contribution is 2.33. The number of carbonyl (C=O) groups is 2. The number of benzene rings is 3. The summed E-state index contributed by atoms with van der Waals surface area (Å²) in [5.41, 5.74) is 7.51. The van der Waals surface area contributed by atoms with Crippen LogP contribution in [0.15, 0.2) is 71.3 Å². The van der Waals surface area contributed by atoms with E-state index in [4.69, 9.17) is 10.3 Å². The quantitative estimate of drug-likeness (QED) is 0.427. The molecule has 8 nitrogen and oxygen atoms in total. The molecule has 1 aromatic heterocycles. The van der Waals surface area contributed by atoms with Crippen molar-refractivity contribution in [2.75, 3.05) is 6.54 Å². The Morgan fingerprint density at radius 2 is 1.71 bits per heavy atom. The fourth-order valence-corrected chi connectivity index (χ4v) is 4.57. The van der Waals surface area contributed by atoms with Gasteiger partial charge >= 0.3 is 0 Å². The molecule has 0 aliphatic carbocycles. The molecule has 0 saturated carbocycles. The minimum Gasteiger partial charge on any atom is -0.391 e. The lowest BCUT2D eigenvalue weighted by Gasteiger charge is -2.21. The van der Waals surface area contributed by atoms with Gasteiger partial charge in [0.2, 0.25) is 11.8 Å². The summed E-state index contributed by atoms with van der Waals surface area (Å²) in [7, 11) is 0. The number of nitrogens with two attached hydrogens (primary N) is 1. The molecular weight excluding hydrogens is 444 g/mol. The summed E-state index contributed by atoms with van der Waals surface area (Å²) in [6.07, 6.45) is 2.14. The predicted octanol–water partition coefficient (Wildman–Crippen LogP) is 3.45. The molecule has 4 aromatic rings. The van der Waals surface area contributed by atoms with Crippen molar-refractivity contribution in [2.24, 2.45) is 5.73 Å². The molecule has 3 N–H and O–H groups in total. The fourth-order valence-electron chi connectivity index (χ4n) is 4.57. The lowest BCUT2D eigenvalue weighted by atomic mass is 10.0. The monoisotopic (exact) mass is 470 g/mol. The third-order valence-corrected chi connectivity index (χ3v) is 6.39. The summed E-state index contributed by atoms with van der Waals surface area (Å²) >= 11 is 0. The molecule has 3 aromatic carbocycles. The van der Waals surface area contributed by atoms with Crippen LogP contribution in [-0.4, -0.2) is 44.6 Å². The van der Waals surface area contributed by atoms with Crippen molar-refractivity contribution < 1.29 is 19.2 Å². The van der Waals surface area contributed by atoms with E-state index in [2.05, 4.69) is 22.3 Å². The van der Waals surface area contributed by atoms with Crippen molar-refractivity contribution in [3.63, 3.8) is 0 Å². The number of rotatable bonds is 7. The minimum absolute atomic E-state index is 0.188. The molecule has 2 heterocycles. The van der Waals surface area contributed by atoms with Crippen LogP contribution in [0.2, 0.25) is 0 Å². The van der Waals surface area contributed by atoms with Crippen LogP contribution in [0.3, 0.4) is 0 Å². The van der Waals surface area contributed by atoms with E-state index in [1.54, 1.807) is 41.3 Å². The third-order valence-electron chi connectivity index (χ3n) is 6.39. The number of carbonyl (C=O) groups excluding carboxylic acids is 2. The average molecular weight is 471 g/mol. The van der Waals surface area contributed by atoms with E-state index in [1.807, 2.05) is 18.2 Å². The summed E-state index contributed by atoms with van der Waals surface area (Å²) in [5, 5.41) is 16.1. The van der Waals surface area contributed by atoms with E-state index in [1.165, 1.54) is 5.56 Å². The SMILES string of the molecule is NC(=O)c1ccc2cc(C(=O)N3C[C@H](O)C[C@H]3c3nc(CCCc4ccccc4)no3)ccc2c1. The number of nitrogens with zero attached hydrogens (tertiary/aromatic N) is 3. The average Bonchev–Trinajstić information content (AvgIpc) is 3.50. The molecule has 0 spiro atoms. The van der Waals surface area contributed by atoms with Crippen LogP contribution < -0.4 is 5.73 Å². The first-order valence-electron chi connectivity index (χ1n) is 11.7. The number of aliphatic hydroxyl groups excluding tert-OH is 1. The minimum atomic E-state index is -0.670. The van der Waals surface area contributed by atoms with Gasteiger partial charge in [0.1, 0.15) is 6.04 Å². The van der Waals surface area contributed by atoms with Gasteiger partial charge in [-0.05, 0) is 53.4 Å². The molecule has 1 fully saturated rings. The van der Waals surface area contributed by atoms with E-state index in [9.17, 15) is 14.7 Å². The number of likely N-dealkylation sites (tertiary alicyclic amines) is 1. The van der Waals surface area contributed by atoms with Gasteiger partial charge in [0.05, 0.1) is 6.10 Å². The maximum absolute atomic E-state index is 13.4. The van der Waals surface area contributed by atoms with Gasteiger partial charge in [0, 0.05) is 30.5 Å². The zero-order valence-corrected chi connectivity index (χ0v) is 19.1. The Hall–Kier alpha value is -4.04. The van der Waals surface area contributed by atoms with Crippen molar-refractivity contribution in [3.05, 3.63) is 95.1 Å². The highest BCUT2D eigenvalue weighted by molar-refractivity contribution is 6.01. The summed E-state index contributed by atoms with van der Waals surface area (Å²) < 4.78 is 5.51. The Morgan fingerprint density at radius 1 is 1.00 bits per heavy atom. The number of fused-ring (bicyclic) bond motifs is 1. The molecule has 0 unspecified atom stereocenters. The first kappa shape index (κ1) is 22.7. The van der Waals surface area contributed by atoms with Gasteiger partial charge in [0.15, 0.2) is 5.82 Å². The molecule has 8 heteroatoms. The van der Waals surface area contributed by atoms with Crippen LogP contribution >= 0.6 is 0 Å². The number of primary amides is 1. The Balaban J connectivity index is 1.30. The van der Waals surface area contributed by atoms with Crippen molar-refractivity contribution in [2.45, 2.75) is 37.8 Å². The number of amides is 2. The molecule has 5 rings (SSSR count). The van der Waals surface area contributed by atoms with Gasteiger partial charge < -0.3 is 20.3 Å². The zero-order valence-electron chi connectivity index (χ0n) is 19.1. The largest absolute Gasteiger partial charge is 0.391 e. The molecule has 0 bridgehead atoms. The Bertz CT molecular complexity index is 1370. The Morgan fingerprint density at radius 3 is 2.46 bits per heavy atom. The van der Waals surface area contributed by atoms with Crippen LogP contribution in [0.1, 0.15) is 56.9 Å². The molecule has 1 aliphatic rings. The second-order valence-corrected chi connectivity index (χ2v) is 8.89. The van der Waals surface area contributed by atoms with Crippen LogP contribution in [0.5, 0.6) is 0 Å². The first-order chi connectivity index (χ1) is 17.0. The number of hydrogen-bond donors (Lipinski definition) is 2. The lowest BCUT2D eigenvalue weighted by Crippen LogP contribution is -2.32. The second-order valence-electron chi connectivity index (χ2n) is 8.89. The molecule has 178 valence electrons. The summed E-state index contributed by atoms with van der Waals surface area (Å²) in [6, 6.07) is 20.1. The van der Waals surface area contributed by atoms with Gasteiger partial charge in [-0.3, -0.25) is 9.59 Å². The topological polar surface area (TPSA) is 123 Å². The zero-order chi connectivity index (χ0) is 24.4. The molecule has 2 amide bonds. The number of aryl methyl sites for hydroxylation is 2. The third kappa shape index (κ3) is 4.93. The number of aromatic nitrogens is 2. The van der Waals surface area contributed by atoms with Gasteiger partial charge in [0.25, 0.3) is 5.91 Å². The molecule has 1 saturated heterocycles. The van der Waals surface area contributed by atoms with E-state index in [0.29, 0.717) is 35.7 Å². The van der Waals surface area contributed by atoms with E-state index in [-0.39, 0.29) is 12.5 Å². The molecule has 2 atom stereocenters. The lowest BCUT2D eigenvalue weighted by molar-refractivity contribution is 0.0693. The standard InChI is InChI=1S/C27H26N4O4/c28-25(33)20-11-9-19-14-21(12-10-18(19)13-20)27(34)31-16-22(32)15-23(31)26-29-24(30-35-26)8-4-7-17-5-2-1-3-6-17/h1-3,5-6,9-14,22-23,32H,4,7-8,15-16H2,(H2,28,33)/t22-,23+/m1/s1. The van der Waals surface area contributed by atoms with E-state index < -0.39 is 18.1 Å². The first-order valence-corrected chi connectivity index (χ1v) is 11.7. The van der Waals surface area contributed by atoms with Gasteiger partial charge in [-0.15, -0.1) is 0 Å². The van der Waals surface area contributed by atoms with Gasteiger partial charge in [-0.1, -0.05) is 47.6 Å². The Kier molecular flexibility index (Phi) is 6.29. The van der Waals surface area contributed by atoms with Gasteiger partial charge in [-0.2, -0.15) is 4.98 Å². The van der Waals surface area contributed by atoms with Crippen molar-refractivity contribution >= 4 is 22.6 Å². The summed E-state index contributed by atoms with van der Waals surface area (Å²) in [6.45, 7) is 0.188. The fraction of sp³-hybridized carbons (Fsp3) is 0.259. The van der Waals surface area contributed by atoms with E-state index >= 15 is 0 Å². The van der Waals surface area contributed by atoms with E-state index in [0.717, 1.165) is 23.6 Å². The molecule has 0 radical (unpaired) electrons. The molecule has 35 heavy (non-hydrogen) atoms. The maximum atomic E-state index is 13.4. The molecular formula is C27H26N4O4. The number of hydrogen-bond acceptors (Lipinski definition) is 6. The van der Waals surface area contributed by atoms with Crippen LogP contribution in [-0.2, 0) is 12.8 Å². The maximum Gasteiger partial charge on any atom is 0.254 e. The second kappa shape index (κ2) is 9.68. The molecule has 1 aliphatic heterocycles. The van der Waals surface area contributed by atoms with Crippen LogP contribution in [0.25, 0.3) is 10.8 Å². The number of aliphatic hydroxyl groups is 1. The van der Waals surface area contributed by atoms with Crippen molar-refractivity contribution in [1.82, 2.24) is 15.0 Å². The van der Waals surface area contributed by atoms with Gasteiger partial charge in [-0.25, -0.2) is 0 Å². The highest BCUT2D eigenvalue weighted by atomic mass is 16.5. The van der Waals surface area contributed by atoms with Crippen molar-refractivity contribution in [3.8, 4) is 0 Å². The normalized spacial score (nSPS) is 17.7. The summed E-state index contributed by atoms with van der Waals surface area (Å²) in [5.74, 6) is 0.216. The smallest absolute Gasteiger partial charge is 0.254 e. The number of β-amino-alcohol motifs (C(OH)–C–C–N with tert-alkyl or cyclic N) is 1. The highest BCUT2D eigenvalue weighted by Gasteiger charge is 2.39. The Labute approximate surface area is 202 Å². The predicted molar refractivity (Wildman–Crippen MR) is 130 cm³/mol. The van der Waals surface area contributed by atoms with Crippen LogP contribution in [0.4, 0.5) is 0 Å². The van der Waals surface area contributed by atoms with Crippen LogP contribution in [0, 0.1) is 0 Å². The summed E-state index contributed by atoms with van der Waals surface area (Å²) in [4.78, 5) is 30.9. The van der Waals surface area contributed by atoms with Crippen molar-refractivity contribution in [1.29, 1.82) is 0 Å².